The lowest BCUT2D eigenvalue weighted by molar-refractivity contribution is 0.0560. The van der Waals surface area contributed by atoms with Gasteiger partial charge in [0.15, 0.2) is 16.7 Å². The van der Waals surface area contributed by atoms with Gasteiger partial charge in [0, 0.05) is 31.2 Å². The highest BCUT2D eigenvalue weighted by molar-refractivity contribution is 7.22. The highest BCUT2D eigenvalue weighted by Crippen LogP contribution is 2.37. The van der Waals surface area contributed by atoms with Gasteiger partial charge in [-0.05, 0) is 55.0 Å². The first kappa shape index (κ1) is 21.5. The number of benzene rings is 2. The number of aromatic nitrogens is 1. The molecule has 0 N–H and O–H groups in total. The molecule has 2 unspecified atom stereocenters. The van der Waals surface area contributed by atoms with Gasteiger partial charge in [0.25, 0.3) is 5.91 Å². The molecule has 3 heterocycles. The van der Waals surface area contributed by atoms with Crippen LogP contribution < -0.4 is 9.64 Å². The Hall–Kier alpha value is -2.38. The number of halogens is 2. The maximum absolute atomic E-state index is 14.4. The summed E-state index contributed by atoms with van der Waals surface area (Å²) < 4.78 is 21.0. The number of carbonyl (C=O) groups is 1. The van der Waals surface area contributed by atoms with Gasteiger partial charge in [-0.15, -0.1) is 0 Å². The number of amides is 1. The molecule has 2 aliphatic heterocycles. The molecule has 32 heavy (non-hydrogen) atoms. The van der Waals surface area contributed by atoms with E-state index in [1.807, 2.05) is 30.0 Å². The Labute approximate surface area is 195 Å². The minimum absolute atomic E-state index is 0.0739. The van der Waals surface area contributed by atoms with Gasteiger partial charge in [-0.3, -0.25) is 4.79 Å². The summed E-state index contributed by atoms with van der Waals surface area (Å²) in [5.41, 5.74) is 1.28. The average molecular weight is 474 g/mol. The van der Waals surface area contributed by atoms with E-state index in [1.54, 1.807) is 23.5 Å². The van der Waals surface area contributed by atoms with Crippen molar-refractivity contribution in [3.63, 3.8) is 0 Å². The van der Waals surface area contributed by atoms with Crippen LogP contribution in [-0.4, -0.2) is 48.6 Å². The second-order valence-corrected chi connectivity index (χ2v) is 10.1. The Balaban J connectivity index is 1.32. The number of anilines is 1. The largest absolute Gasteiger partial charge is 0.490 e. The molecule has 2 aromatic carbocycles. The Kier molecular flexibility index (Phi) is 5.95. The highest BCUT2D eigenvalue weighted by atomic mass is 35.5. The number of hydrogen-bond donors (Lipinski definition) is 0. The van der Waals surface area contributed by atoms with Crippen LogP contribution in [0.2, 0.25) is 5.02 Å². The zero-order chi connectivity index (χ0) is 22.2. The van der Waals surface area contributed by atoms with Crippen molar-refractivity contribution in [3.8, 4) is 5.75 Å². The SMILES string of the molecule is CCCOc1c(F)cccc1C(=O)N1CC2CC(C1)CN(c1nc3ccc(Cl)cc3s1)C2. The van der Waals surface area contributed by atoms with E-state index in [0.717, 1.165) is 46.3 Å². The van der Waals surface area contributed by atoms with Crippen LogP contribution in [0.5, 0.6) is 5.75 Å². The fourth-order valence-electron chi connectivity index (χ4n) is 4.82. The zero-order valence-corrected chi connectivity index (χ0v) is 19.5. The van der Waals surface area contributed by atoms with E-state index in [9.17, 15) is 9.18 Å². The first-order valence-corrected chi connectivity index (χ1v) is 12.2. The summed E-state index contributed by atoms with van der Waals surface area (Å²) in [6.07, 6.45) is 1.85. The summed E-state index contributed by atoms with van der Waals surface area (Å²) in [5.74, 6) is 0.160. The Morgan fingerprint density at radius 2 is 2.00 bits per heavy atom. The molecule has 0 saturated carbocycles. The second kappa shape index (κ2) is 8.87. The normalized spacial score (nSPS) is 20.6. The van der Waals surface area contributed by atoms with Crippen LogP contribution in [-0.2, 0) is 0 Å². The Morgan fingerprint density at radius 3 is 2.75 bits per heavy atom. The predicted molar refractivity (Wildman–Crippen MR) is 127 cm³/mol. The first-order chi connectivity index (χ1) is 15.5. The molecule has 2 aliphatic rings. The molecule has 0 radical (unpaired) electrons. The highest BCUT2D eigenvalue weighted by Gasteiger charge is 2.37. The van der Waals surface area contributed by atoms with Crippen LogP contribution in [0.4, 0.5) is 9.52 Å². The van der Waals surface area contributed by atoms with Gasteiger partial charge in [0.2, 0.25) is 0 Å². The third kappa shape index (κ3) is 4.16. The Bertz CT molecular complexity index is 1140. The standard InChI is InChI=1S/C24H25ClFN3O2S/c1-2-8-31-22-18(4-3-5-19(22)26)23(30)28-11-15-9-16(12-28)14-29(13-15)24-27-20-7-6-17(25)10-21(20)32-24/h3-7,10,15-16H,2,8-9,11-14H2,1H3. The van der Waals surface area contributed by atoms with E-state index in [4.69, 9.17) is 21.3 Å². The van der Waals surface area contributed by atoms with E-state index < -0.39 is 5.82 Å². The number of para-hydroxylation sites is 1. The molecule has 0 aliphatic carbocycles. The molecule has 8 heteroatoms. The van der Waals surface area contributed by atoms with Crippen LogP contribution in [0.15, 0.2) is 36.4 Å². The fraction of sp³-hybridized carbons (Fsp3) is 0.417. The van der Waals surface area contributed by atoms with Gasteiger partial charge in [0.1, 0.15) is 0 Å². The molecule has 1 aromatic heterocycles. The molecule has 5 nitrogen and oxygen atoms in total. The van der Waals surface area contributed by atoms with E-state index in [1.165, 1.54) is 6.07 Å². The molecule has 2 bridgehead atoms. The number of ether oxygens (including phenoxy) is 1. The topological polar surface area (TPSA) is 45.7 Å². The van der Waals surface area contributed by atoms with Crippen LogP contribution >= 0.6 is 22.9 Å². The lowest BCUT2D eigenvalue weighted by Gasteiger charge is -2.45. The third-order valence-corrected chi connectivity index (χ3v) is 7.44. The molecule has 2 saturated heterocycles. The van der Waals surface area contributed by atoms with Crippen LogP contribution in [0.3, 0.4) is 0 Å². The quantitative estimate of drug-likeness (QED) is 0.492. The van der Waals surface area contributed by atoms with Gasteiger partial charge >= 0.3 is 0 Å². The second-order valence-electron chi connectivity index (χ2n) is 8.66. The van der Waals surface area contributed by atoms with Crippen molar-refractivity contribution in [1.29, 1.82) is 0 Å². The van der Waals surface area contributed by atoms with Crippen LogP contribution in [0.25, 0.3) is 10.2 Å². The lowest BCUT2D eigenvalue weighted by atomic mass is 9.84. The molecule has 2 atom stereocenters. The van der Waals surface area contributed by atoms with E-state index in [-0.39, 0.29) is 11.7 Å². The predicted octanol–water partition coefficient (Wildman–Crippen LogP) is 5.48. The number of rotatable bonds is 5. The summed E-state index contributed by atoms with van der Waals surface area (Å²) in [6, 6.07) is 10.4. The van der Waals surface area contributed by atoms with E-state index in [0.29, 0.717) is 37.1 Å². The van der Waals surface area contributed by atoms with Gasteiger partial charge in [0.05, 0.1) is 22.4 Å². The molecule has 2 fully saturated rings. The smallest absolute Gasteiger partial charge is 0.257 e. The molecule has 5 rings (SSSR count). The van der Waals surface area contributed by atoms with Crippen molar-refractivity contribution in [1.82, 2.24) is 9.88 Å². The number of nitrogens with zero attached hydrogens (tertiary/aromatic N) is 3. The van der Waals surface area contributed by atoms with Gasteiger partial charge < -0.3 is 14.5 Å². The first-order valence-electron chi connectivity index (χ1n) is 11.0. The number of carbonyl (C=O) groups excluding carboxylic acids is 1. The number of thiazole rings is 1. The lowest BCUT2D eigenvalue weighted by Crippen LogP contribution is -2.54. The van der Waals surface area contributed by atoms with Crippen LogP contribution in [0, 0.1) is 17.7 Å². The zero-order valence-electron chi connectivity index (χ0n) is 17.9. The number of hydrogen-bond acceptors (Lipinski definition) is 5. The molecule has 1 amide bonds. The van der Waals surface area contributed by atoms with Crippen molar-refractivity contribution in [2.24, 2.45) is 11.8 Å². The van der Waals surface area contributed by atoms with Crippen molar-refractivity contribution < 1.29 is 13.9 Å². The summed E-state index contributed by atoms with van der Waals surface area (Å²) in [6.45, 7) is 5.37. The molecule has 3 aromatic rings. The number of likely N-dealkylation sites (tertiary alicyclic amines) is 1. The molecule has 0 spiro atoms. The molecular weight excluding hydrogens is 449 g/mol. The number of fused-ring (bicyclic) bond motifs is 3. The third-order valence-electron chi connectivity index (χ3n) is 6.13. The monoisotopic (exact) mass is 473 g/mol. The average Bonchev–Trinajstić information content (AvgIpc) is 3.20. The summed E-state index contributed by atoms with van der Waals surface area (Å²) in [7, 11) is 0. The maximum Gasteiger partial charge on any atom is 0.257 e. The van der Waals surface area contributed by atoms with E-state index in [2.05, 4.69) is 4.90 Å². The van der Waals surface area contributed by atoms with Gasteiger partial charge in [-0.1, -0.05) is 35.9 Å². The molecule has 168 valence electrons. The van der Waals surface area contributed by atoms with Crippen molar-refractivity contribution in [3.05, 3.63) is 52.8 Å². The van der Waals surface area contributed by atoms with Crippen molar-refractivity contribution in [2.75, 3.05) is 37.7 Å². The van der Waals surface area contributed by atoms with Gasteiger partial charge in [-0.25, -0.2) is 9.37 Å². The van der Waals surface area contributed by atoms with Gasteiger partial charge in [-0.2, -0.15) is 0 Å². The Morgan fingerprint density at radius 1 is 1.22 bits per heavy atom. The minimum Gasteiger partial charge on any atom is -0.490 e. The molecular formula is C24H25ClFN3O2S. The fourth-order valence-corrected chi connectivity index (χ4v) is 6.08. The van der Waals surface area contributed by atoms with E-state index >= 15 is 0 Å². The minimum atomic E-state index is -0.483. The van der Waals surface area contributed by atoms with Crippen molar-refractivity contribution in [2.45, 2.75) is 19.8 Å². The maximum atomic E-state index is 14.4. The summed E-state index contributed by atoms with van der Waals surface area (Å²) in [5, 5.41) is 1.73. The van der Waals surface area contributed by atoms with Crippen LogP contribution in [0.1, 0.15) is 30.1 Å². The van der Waals surface area contributed by atoms with Crippen molar-refractivity contribution >= 4 is 44.2 Å². The number of piperidine rings is 2. The summed E-state index contributed by atoms with van der Waals surface area (Å²) >= 11 is 7.80. The summed E-state index contributed by atoms with van der Waals surface area (Å²) in [4.78, 5) is 22.3.